The molecule has 20 heavy (non-hydrogen) atoms. The predicted molar refractivity (Wildman–Crippen MR) is 76.1 cm³/mol. The molecule has 0 radical (unpaired) electrons. The number of sulfonamides is 1. The summed E-state index contributed by atoms with van der Waals surface area (Å²) in [6, 6.07) is 4.64. The van der Waals surface area contributed by atoms with Crippen LogP contribution in [0.5, 0.6) is 5.75 Å². The fourth-order valence-corrected chi connectivity index (χ4v) is 2.99. The van der Waals surface area contributed by atoms with Crippen LogP contribution in [0.1, 0.15) is 12.8 Å². The van der Waals surface area contributed by atoms with Gasteiger partial charge in [-0.25, -0.2) is 13.1 Å². The second-order valence-electron chi connectivity index (χ2n) is 4.78. The van der Waals surface area contributed by atoms with Crippen molar-refractivity contribution in [2.75, 3.05) is 32.6 Å². The summed E-state index contributed by atoms with van der Waals surface area (Å²) in [4.78, 5) is 0.0760. The molecular weight excluding hydrogens is 280 g/mol. The number of nitrogens with one attached hydrogen (secondary N) is 1. The zero-order valence-corrected chi connectivity index (χ0v) is 12.3. The lowest BCUT2D eigenvalue weighted by molar-refractivity contribution is 0.0493. The average molecular weight is 300 g/mol. The first kappa shape index (κ1) is 15.1. The maximum Gasteiger partial charge on any atom is 0.244 e. The summed E-state index contributed by atoms with van der Waals surface area (Å²) in [6.45, 7) is 1.95. The molecule has 1 aliphatic heterocycles. The van der Waals surface area contributed by atoms with Crippen LogP contribution in [0.2, 0.25) is 0 Å². The molecule has 0 aliphatic carbocycles. The highest BCUT2D eigenvalue weighted by molar-refractivity contribution is 7.89. The minimum Gasteiger partial charge on any atom is -0.492 e. The molecule has 1 fully saturated rings. The fraction of sp³-hybridized carbons (Fsp3) is 0.538. The standard InChI is InChI=1S/C13H20N2O4S/c1-15-20(16,17)13-8-11(14)2-3-12(13)19-9-10-4-6-18-7-5-10/h2-3,8,10,15H,4-7,9,14H2,1H3. The van der Waals surface area contributed by atoms with Gasteiger partial charge in [0.15, 0.2) is 0 Å². The van der Waals surface area contributed by atoms with Crippen LogP contribution in [0.25, 0.3) is 0 Å². The first-order valence-electron chi connectivity index (χ1n) is 6.56. The lowest BCUT2D eigenvalue weighted by Crippen LogP contribution is -2.23. The minimum atomic E-state index is -3.58. The van der Waals surface area contributed by atoms with Gasteiger partial charge in [0.25, 0.3) is 0 Å². The van der Waals surface area contributed by atoms with E-state index in [2.05, 4.69) is 4.72 Å². The van der Waals surface area contributed by atoms with Gasteiger partial charge in [0.2, 0.25) is 10.0 Å². The fourth-order valence-electron chi connectivity index (χ4n) is 2.08. The summed E-state index contributed by atoms with van der Waals surface area (Å²) in [7, 11) is -2.22. The van der Waals surface area contributed by atoms with Crippen LogP contribution in [-0.4, -0.2) is 35.3 Å². The van der Waals surface area contributed by atoms with E-state index < -0.39 is 10.0 Å². The molecule has 6 nitrogen and oxygen atoms in total. The van der Waals surface area contributed by atoms with E-state index >= 15 is 0 Å². The molecule has 3 N–H and O–H groups in total. The molecule has 112 valence electrons. The van der Waals surface area contributed by atoms with Gasteiger partial charge in [0.1, 0.15) is 10.6 Å². The third-order valence-corrected chi connectivity index (χ3v) is 4.78. The highest BCUT2D eigenvalue weighted by Gasteiger charge is 2.20. The summed E-state index contributed by atoms with van der Waals surface area (Å²) < 4.78 is 37.2. The summed E-state index contributed by atoms with van der Waals surface area (Å²) in [5.74, 6) is 0.728. The van der Waals surface area contributed by atoms with Gasteiger partial charge >= 0.3 is 0 Å². The van der Waals surface area contributed by atoms with Crippen molar-refractivity contribution in [3.8, 4) is 5.75 Å². The molecule has 2 rings (SSSR count). The first-order chi connectivity index (χ1) is 9.53. The van der Waals surface area contributed by atoms with Crippen molar-refractivity contribution >= 4 is 15.7 Å². The second-order valence-corrected chi connectivity index (χ2v) is 6.64. The average Bonchev–Trinajstić information content (AvgIpc) is 2.47. The minimum absolute atomic E-state index is 0.0760. The summed E-state index contributed by atoms with van der Waals surface area (Å²) in [6.07, 6.45) is 1.87. The molecule has 1 saturated heterocycles. The number of ether oxygens (including phenoxy) is 2. The van der Waals surface area contributed by atoms with Crippen LogP contribution in [0, 0.1) is 5.92 Å². The van der Waals surface area contributed by atoms with Crippen molar-refractivity contribution in [3.63, 3.8) is 0 Å². The molecule has 0 atom stereocenters. The Morgan fingerprint density at radius 1 is 1.40 bits per heavy atom. The van der Waals surface area contributed by atoms with E-state index in [-0.39, 0.29) is 4.90 Å². The molecule has 0 aromatic heterocycles. The van der Waals surface area contributed by atoms with Crippen molar-refractivity contribution < 1.29 is 17.9 Å². The smallest absolute Gasteiger partial charge is 0.244 e. The lowest BCUT2D eigenvalue weighted by Gasteiger charge is -2.22. The molecule has 0 bridgehead atoms. The lowest BCUT2D eigenvalue weighted by atomic mass is 10.0. The van der Waals surface area contributed by atoms with E-state index in [4.69, 9.17) is 15.2 Å². The van der Waals surface area contributed by atoms with Crippen molar-refractivity contribution in [2.45, 2.75) is 17.7 Å². The van der Waals surface area contributed by atoms with Crippen LogP contribution >= 0.6 is 0 Å². The Balaban J connectivity index is 2.14. The maximum absolute atomic E-state index is 12.0. The van der Waals surface area contributed by atoms with Crippen LogP contribution in [-0.2, 0) is 14.8 Å². The number of anilines is 1. The number of nitrogens with two attached hydrogens (primary N) is 1. The van der Waals surface area contributed by atoms with E-state index in [0.717, 1.165) is 26.1 Å². The molecule has 1 heterocycles. The van der Waals surface area contributed by atoms with Crippen LogP contribution in [0.3, 0.4) is 0 Å². The highest BCUT2D eigenvalue weighted by atomic mass is 32.2. The summed E-state index contributed by atoms with van der Waals surface area (Å²) in [5.41, 5.74) is 6.04. The Morgan fingerprint density at radius 3 is 2.75 bits per heavy atom. The van der Waals surface area contributed by atoms with Crippen molar-refractivity contribution in [3.05, 3.63) is 18.2 Å². The van der Waals surface area contributed by atoms with E-state index in [9.17, 15) is 8.42 Å². The van der Waals surface area contributed by atoms with Crippen molar-refractivity contribution in [1.82, 2.24) is 4.72 Å². The number of rotatable bonds is 5. The molecule has 0 unspecified atom stereocenters. The third kappa shape index (κ3) is 3.62. The molecule has 7 heteroatoms. The van der Waals surface area contributed by atoms with Gasteiger partial charge < -0.3 is 15.2 Å². The molecule has 0 saturated carbocycles. The van der Waals surface area contributed by atoms with Crippen molar-refractivity contribution in [1.29, 1.82) is 0 Å². The molecule has 1 aliphatic rings. The third-order valence-electron chi connectivity index (χ3n) is 3.34. The first-order valence-corrected chi connectivity index (χ1v) is 8.05. The summed E-state index contributed by atoms with van der Waals surface area (Å²) >= 11 is 0. The van der Waals surface area contributed by atoms with Gasteiger partial charge in [-0.3, -0.25) is 0 Å². The zero-order chi connectivity index (χ0) is 14.6. The van der Waals surface area contributed by atoms with Gasteiger partial charge in [-0.2, -0.15) is 0 Å². The Bertz CT molecular complexity index is 553. The molecule has 0 amide bonds. The van der Waals surface area contributed by atoms with Crippen molar-refractivity contribution in [2.24, 2.45) is 5.92 Å². The number of hydrogen-bond donors (Lipinski definition) is 2. The molecular formula is C13H20N2O4S. The van der Waals surface area contributed by atoms with Gasteiger partial charge in [0, 0.05) is 18.9 Å². The summed E-state index contributed by atoms with van der Waals surface area (Å²) in [5, 5.41) is 0. The monoisotopic (exact) mass is 300 g/mol. The van der Waals surface area contributed by atoms with Crippen LogP contribution in [0.4, 0.5) is 5.69 Å². The Morgan fingerprint density at radius 2 is 2.10 bits per heavy atom. The Kier molecular flexibility index (Phi) is 4.85. The van der Waals surface area contributed by atoms with E-state index in [1.54, 1.807) is 12.1 Å². The van der Waals surface area contributed by atoms with Crippen LogP contribution < -0.4 is 15.2 Å². The van der Waals surface area contributed by atoms with E-state index in [0.29, 0.717) is 24.0 Å². The zero-order valence-electron chi connectivity index (χ0n) is 11.5. The number of nitrogen functional groups attached to an aromatic ring is 1. The van der Waals surface area contributed by atoms with Gasteiger partial charge in [-0.05, 0) is 44.0 Å². The van der Waals surface area contributed by atoms with Gasteiger partial charge in [0.05, 0.1) is 6.61 Å². The second kappa shape index (κ2) is 6.43. The van der Waals surface area contributed by atoms with E-state index in [1.165, 1.54) is 13.1 Å². The normalized spacial score (nSPS) is 17.1. The number of hydrogen-bond acceptors (Lipinski definition) is 5. The van der Waals surface area contributed by atoms with Gasteiger partial charge in [-0.1, -0.05) is 0 Å². The molecule has 0 spiro atoms. The Hall–Kier alpha value is -1.31. The topological polar surface area (TPSA) is 90.7 Å². The maximum atomic E-state index is 12.0. The highest BCUT2D eigenvalue weighted by Crippen LogP contribution is 2.27. The largest absolute Gasteiger partial charge is 0.492 e. The molecule has 1 aromatic carbocycles. The Labute approximate surface area is 119 Å². The quantitative estimate of drug-likeness (QED) is 0.791. The van der Waals surface area contributed by atoms with Gasteiger partial charge in [-0.15, -0.1) is 0 Å². The predicted octanol–water partition coefficient (Wildman–Crippen LogP) is 0.982. The number of benzene rings is 1. The molecule has 1 aromatic rings. The van der Waals surface area contributed by atoms with Crippen LogP contribution in [0.15, 0.2) is 23.1 Å². The SMILES string of the molecule is CNS(=O)(=O)c1cc(N)ccc1OCC1CCOCC1. The van der Waals surface area contributed by atoms with E-state index in [1.807, 2.05) is 0 Å².